The van der Waals surface area contributed by atoms with Gasteiger partial charge in [0.25, 0.3) is 0 Å². The van der Waals surface area contributed by atoms with Crippen LogP contribution in [0.15, 0.2) is 48.5 Å². The van der Waals surface area contributed by atoms with Gasteiger partial charge in [-0.05, 0) is 194 Å². The van der Waals surface area contributed by atoms with Gasteiger partial charge in [-0.3, -0.25) is 0 Å². The molecule has 4 aliphatic carbocycles. The molecule has 0 spiro atoms. The Bertz CT molecular complexity index is 1180. The van der Waals surface area contributed by atoms with Crippen LogP contribution in [0, 0.1) is 54.3 Å². The summed E-state index contributed by atoms with van der Waals surface area (Å²) in [5.41, 5.74) is 35.7. The van der Waals surface area contributed by atoms with Crippen molar-refractivity contribution in [1.82, 2.24) is 10.6 Å². The molecule has 4 saturated carbocycles. The third-order valence-corrected chi connectivity index (χ3v) is 14.2. The Balaban J connectivity index is 0.000000938. The third kappa shape index (κ3) is 23.6. The fraction of sp³-hybridized carbons (Fsp3) is 0.760. The van der Waals surface area contributed by atoms with E-state index in [1.54, 1.807) is 0 Å². The molecule has 9 heteroatoms. The summed E-state index contributed by atoms with van der Waals surface area (Å²) >= 11 is 0. The molecule has 0 unspecified atom stereocenters. The third-order valence-electron chi connectivity index (χ3n) is 14.2. The van der Waals surface area contributed by atoms with Crippen molar-refractivity contribution in [2.45, 2.75) is 149 Å². The first-order chi connectivity index (χ1) is 27.4. The van der Waals surface area contributed by atoms with Gasteiger partial charge in [0.15, 0.2) is 0 Å². The molecule has 0 bridgehead atoms. The molecule has 0 heterocycles. The number of hydrogen-bond acceptors (Lipinski definition) is 6. The maximum absolute atomic E-state index is 7.19. The Hall–Kier alpha value is 0.160. The van der Waals surface area contributed by atoms with Crippen LogP contribution in [0.2, 0.25) is 0 Å². The first kappa shape index (κ1) is 57.2. The zero-order chi connectivity index (χ0) is 39.8. The molecule has 2 aromatic rings. The normalized spacial score (nSPS) is 26.6. The molecule has 59 heavy (non-hydrogen) atoms. The van der Waals surface area contributed by atoms with E-state index in [9.17, 15) is 0 Å². The van der Waals surface area contributed by atoms with Crippen molar-refractivity contribution in [2.24, 2.45) is 70.3 Å². The smallest absolute Gasteiger partial charge is 1.00 e. The van der Waals surface area contributed by atoms with E-state index in [1.165, 1.54) is 144 Å². The van der Waals surface area contributed by atoms with Crippen LogP contribution in [0.5, 0.6) is 0 Å². The van der Waals surface area contributed by atoms with Gasteiger partial charge < -0.3 is 40.7 Å². The molecule has 0 amide bonds. The molecule has 0 saturated heterocycles. The Morgan fingerprint density at radius 1 is 0.475 bits per heavy atom. The largest absolute Gasteiger partial charge is 1.00 e. The minimum Gasteiger partial charge on any atom is -1.00 e. The van der Waals surface area contributed by atoms with Crippen LogP contribution < -0.4 is 92.7 Å². The molecule has 0 radical (unpaired) electrons. The molecule has 2 aromatic carbocycles. The summed E-state index contributed by atoms with van der Waals surface area (Å²) in [5.74, 6) is 6.48. The van der Waals surface area contributed by atoms with E-state index < -0.39 is 0 Å². The maximum atomic E-state index is 7.19. The summed E-state index contributed by atoms with van der Waals surface area (Å²) < 4.78 is 0. The number of nitrogens with one attached hydrogen (secondary N) is 3. The van der Waals surface area contributed by atoms with Crippen molar-refractivity contribution in [3.63, 3.8) is 0 Å². The second-order valence-electron chi connectivity index (χ2n) is 18.7. The van der Waals surface area contributed by atoms with Gasteiger partial charge in [0, 0.05) is 13.1 Å². The number of aryl methyl sites for hydroxylation is 2. The Morgan fingerprint density at radius 2 is 0.780 bits per heavy atom. The van der Waals surface area contributed by atoms with Crippen molar-refractivity contribution in [3.8, 4) is 0 Å². The van der Waals surface area contributed by atoms with Gasteiger partial charge in [-0.2, -0.15) is 0 Å². The Morgan fingerprint density at radius 3 is 1.14 bits per heavy atom. The maximum Gasteiger partial charge on any atom is 1.00 e. The van der Waals surface area contributed by atoms with Gasteiger partial charge in [0.2, 0.25) is 0 Å². The molecular weight excluding hydrogens is 745 g/mol. The Labute approximate surface area is 409 Å². The average molecular weight is 836 g/mol. The van der Waals surface area contributed by atoms with Crippen molar-refractivity contribution in [1.29, 1.82) is 0 Å². The van der Waals surface area contributed by atoms with E-state index in [1.807, 2.05) is 0 Å². The van der Waals surface area contributed by atoms with E-state index in [0.717, 1.165) is 93.8 Å². The standard InChI is InChI=1S/C25H43N3.C16H26N2.C8H17N2.CH4.2Na.H/c26-16-22-8-4-20(5-9-22)2-1-3-21-6-12-24(13-7-21)18-28-19-25-14-10-23(17-27)11-15-25;1-13-2-4-15(5-3-13)11-18-12-16-8-6-14(10-17)7-9-16;9-5-7-1-2-8(6-10)4-3-7;;;;/h6-7,12-13,20,22-23,25,28H,1-5,8-11,14-19,26-27H2;2-5,14,16,18H,6-12,17H2,1H3;7-9H,1-6,10H2;1H4;;;/q;;-1;;2*+1;-1. The van der Waals surface area contributed by atoms with Gasteiger partial charge in [-0.25, -0.2) is 0 Å². The second-order valence-corrected chi connectivity index (χ2v) is 18.7. The SMILES string of the molecule is C.Cc1ccc(CNCC2CCC(CN)CC2)cc1.NCC1CCC(CCCc2ccc(CNCC3CCC(CN)CC3)cc2)CC1.[H-].[NH-]CC1CCC(CN)CC1.[Na+].[Na+]. The van der Waals surface area contributed by atoms with Gasteiger partial charge in [0.05, 0.1) is 0 Å². The van der Waals surface area contributed by atoms with Crippen LogP contribution in [0.3, 0.4) is 0 Å². The van der Waals surface area contributed by atoms with Gasteiger partial charge in [-0.15, -0.1) is 6.54 Å². The molecular formula is C50H91N7Na2. The van der Waals surface area contributed by atoms with E-state index in [0.29, 0.717) is 12.5 Å². The van der Waals surface area contributed by atoms with Crippen LogP contribution in [-0.2, 0) is 19.5 Å². The van der Waals surface area contributed by atoms with Gasteiger partial charge in [0.1, 0.15) is 0 Å². The van der Waals surface area contributed by atoms with Crippen molar-refractivity contribution in [3.05, 3.63) is 76.5 Å². The number of hydrogen-bond donors (Lipinski definition) is 6. The first-order valence-electron chi connectivity index (χ1n) is 23.4. The molecule has 7 nitrogen and oxygen atoms in total. The van der Waals surface area contributed by atoms with Crippen molar-refractivity contribution in [2.75, 3.05) is 45.8 Å². The fourth-order valence-electron chi connectivity index (χ4n) is 9.74. The second kappa shape index (κ2) is 34.6. The predicted molar refractivity (Wildman–Crippen MR) is 249 cm³/mol. The van der Waals surface area contributed by atoms with Crippen LogP contribution >= 0.6 is 0 Å². The van der Waals surface area contributed by atoms with Crippen LogP contribution in [0.4, 0.5) is 0 Å². The summed E-state index contributed by atoms with van der Waals surface area (Å²) in [5, 5.41) is 7.27. The molecule has 0 aromatic heterocycles. The van der Waals surface area contributed by atoms with Crippen LogP contribution in [-0.4, -0.2) is 45.8 Å². The monoisotopic (exact) mass is 836 g/mol. The molecule has 0 atom stereocenters. The molecule has 0 aliphatic heterocycles. The first-order valence-corrected chi connectivity index (χ1v) is 23.4. The number of rotatable bonds is 17. The predicted octanol–water partition coefficient (Wildman–Crippen LogP) is 4.04. The van der Waals surface area contributed by atoms with Gasteiger partial charge >= 0.3 is 59.1 Å². The van der Waals surface area contributed by atoms with Crippen LogP contribution in [0.1, 0.15) is 147 Å². The fourth-order valence-corrected chi connectivity index (χ4v) is 9.74. The summed E-state index contributed by atoms with van der Waals surface area (Å²) in [6.45, 7) is 10.6. The minimum absolute atomic E-state index is 0. The molecule has 4 aliphatic rings. The average Bonchev–Trinajstić information content (AvgIpc) is 3.26. The van der Waals surface area contributed by atoms with E-state index in [-0.39, 0.29) is 68.0 Å². The molecule has 11 N–H and O–H groups in total. The molecule has 4 fully saturated rings. The van der Waals surface area contributed by atoms with Gasteiger partial charge in [-0.1, -0.05) is 99.5 Å². The van der Waals surface area contributed by atoms with E-state index >= 15 is 0 Å². The summed E-state index contributed by atoms with van der Waals surface area (Å²) in [6.07, 6.45) is 25.2. The van der Waals surface area contributed by atoms with E-state index in [2.05, 4.69) is 66.1 Å². The van der Waals surface area contributed by atoms with Crippen molar-refractivity contribution >= 4 is 0 Å². The molecule has 6 rings (SSSR count). The topological polar surface area (TPSA) is 152 Å². The molecule has 328 valence electrons. The van der Waals surface area contributed by atoms with Crippen molar-refractivity contribution < 1.29 is 60.5 Å². The zero-order valence-electron chi connectivity index (χ0n) is 38.8. The number of nitrogens with two attached hydrogens (primary N) is 4. The zero-order valence-corrected chi connectivity index (χ0v) is 41.8. The minimum atomic E-state index is 0. The summed E-state index contributed by atoms with van der Waals surface area (Å²) in [7, 11) is 0. The van der Waals surface area contributed by atoms with E-state index in [4.69, 9.17) is 28.7 Å². The Kier molecular flexibility index (Phi) is 33.5. The quantitative estimate of drug-likeness (QED) is 0.133. The number of benzene rings is 2. The van der Waals surface area contributed by atoms with Crippen LogP contribution in [0.25, 0.3) is 5.73 Å². The summed E-state index contributed by atoms with van der Waals surface area (Å²) in [4.78, 5) is 0. The summed E-state index contributed by atoms with van der Waals surface area (Å²) in [6, 6.07) is 18.1.